The summed E-state index contributed by atoms with van der Waals surface area (Å²) in [5.41, 5.74) is 3.04. The van der Waals surface area contributed by atoms with Crippen LogP contribution in [0.5, 0.6) is 0 Å². The zero-order chi connectivity index (χ0) is 10.6. The summed E-state index contributed by atoms with van der Waals surface area (Å²) >= 11 is -1.92. The first-order valence-electron chi connectivity index (χ1n) is 3.76. The third kappa shape index (κ3) is 6.23. The van der Waals surface area contributed by atoms with Crippen LogP contribution < -0.4 is 0 Å². The van der Waals surface area contributed by atoms with Gasteiger partial charge in [-0.25, -0.2) is 0 Å². The zero-order valence-corrected chi connectivity index (χ0v) is 12.8. The van der Waals surface area contributed by atoms with E-state index in [2.05, 4.69) is 27.7 Å². The molecule has 0 N–H and O–H groups in total. The molecular formula is C8H12Cl3PTi+. The van der Waals surface area contributed by atoms with Crippen molar-refractivity contribution in [3.05, 3.63) is 23.2 Å². The molecule has 0 aromatic heterocycles. The van der Waals surface area contributed by atoms with Gasteiger partial charge in [0.1, 0.15) is 0 Å². The van der Waals surface area contributed by atoms with Gasteiger partial charge in [0.2, 0.25) is 0 Å². The summed E-state index contributed by atoms with van der Waals surface area (Å²) in [7, 11) is 16.4. The van der Waals surface area contributed by atoms with Gasteiger partial charge in [-0.05, 0) is 11.8 Å². The quantitative estimate of drug-likeness (QED) is 0.420. The molecule has 0 unspecified atom stereocenters. The van der Waals surface area contributed by atoms with Gasteiger partial charge >= 0.3 is 42.6 Å². The Kier molecular flexibility index (Phi) is 8.45. The molecule has 0 saturated carbocycles. The number of hydrogen-bond acceptors (Lipinski definition) is 0. The van der Waals surface area contributed by atoms with Gasteiger partial charge in [0.25, 0.3) is 0 Å². The average Bonchev–Trinajstić information content (AvgIpc) is 2.17. The van der Waals surface area contributed by atoms with E-state index in [-0.39, 0.29) is 0 Å². The normalized spacial score (nSPS) is 21.5. The Morgan fingerprint density at radius 1 is 0.846 bits per heavy atom. The second-order valence-corrected chi connectivity index (χ2v) is 12.0. The molecule has 5 radical (unpaired) electrons. The van der Waals surface area contributed by atoms with Crippen molar-refractivity contribution in [1.29, 1.82) is 0 Å². The van der Waals surface area contributed by atoms with Crippen molar-refractivity contribution in [1.82, 2.24) is 0 Å². The van der Waals surface area contributed by atoms with Crippen LogP contribution in [0.1, 0.15) is 27.7 Å². The monoisotopic (exact) mass is 292 g/mol. The van der Waals surface area contributed by atoms with E-state index in [9.17, 15) is 0 Å². The second-order valence-electron chi connectivity index (χ2n) is 2.75. The molecule has 1 aliphatic rings. The van der Waals surface area contributed by atoms with Gasteiger partial charge in [-0.3, -0.25) is 0 Å². The summed E-state index contributed by atoms with van der Waals surface area (Å²) < 4.78 is 0. The fraction of sp³-hybridized carbons (Fsp3) is 0.500. The topological polar surface area (TPSA) is 0 Å². The summed E-state index contributed by atoms with van der Waals surface area (Å²) in [6.45, 7) is 8.82. The molecule has 0 aromatic rings. The van der Waals surface area contributed by atoms with Crippen LogP contribution in [0.4, 0.5) is 0 Å². The minimum atomic E-state index is -1.92. The van der Waals surface area contributed by atoms with Crippen LogP contribution >= 0.6 is 36.5 Å². The molecule has 13 heavy (non-hydrogen) atoms. The molecule has 1 saturated heterocycles. The zero-order valence-electron chi connectivity index (χ0n) is 8.08. The van der Waals surface area contributed by atoms with Gasteiger partial charge < -0.3 is 0 Å². The third-order valence-electron chi connectivity index (χ3n) is 1.98. The predicted octanol–water partition coefficient (Wildman–Crippen LogP) is 5.30. The van der Waals surface area contributed by atoms with E-state index < -0.39 is 14.7 Å². The SMILES string of the molecule is C[C]1[P][C](C)[C](C)[C]1C.[Cl][Ti+]([Cl])[Cl]. The fourth-order valence-corrected chi connectivity index (χ4v) is 2.14. The van der Waals surface area contributed by atoms with Crippen LogP contribution in [0.3, 0.4) is 0 Å². The molecule has 0 atom stereocenters. The minimum absolute atomic E-state index is 1.44. The van der Waals surface area contributed by atoms with Crippen molar-refractivity contribution in [2.45, 2.75) is 27.7 Å². The summed E-state index contributed by atoms with van der Waals surface area (Å²) in [4.78, 5) is 0. The van der Waals surface area contributed by atoms with Gasteiger partial charge in [0.15, 0.2) is 0 Å². The van der Waals surface area contributed by atoms with Crippen LogP contribution in [0.25, 0.3) is 0 Å². The first kappa shape index (κ1) is 15.0. The first-order chi connectivity index (χ1) is 5.86. The molecule has 1 heterocycles. The van der Waals surface area contributed by atoms with E-state index in [1.807, 2.05) is 0 Å². The molecule has 0 bridgehead atoms. The summed E-state index contributed by atoms with van der Waals surface area (Å²) in [6, 6.07) is 0. The van der Waals surface area contributed by atoms with E-state index in [0.29, 0.717) is 0 Å². The Morgan fingerprint density at radius 3 is 1.15 bits per heavy atom. The Hall–Kier alpha value is 2.01. The fourth-order valence-electron chi connectivity index (χ4n) is 0.962. The van der Waals surface area contributed by atoms with E-state index >= 15 is 0 Å². The van der Waals surface area contributed by atoms with Crippen LogP contribution in [-0.4, -0.2) is 0 Å². The molecule has 0 aromatic carbocycles. The van der Waals surface area contributed by atoms with E-state index in [4.69, 9.17) is 27.9 Å². The Morgan fingerprint density at radius 2 is 1.08 bits per heavy atom. The first-order valence-corrected chi connectivity index (χ1v) is 11.1. The molecule has 1 aliphatic heterocycles. The Labute approximate surface area is 101 Å². The van der Waals surface area contributed by atoms with E-state index in [1.165, 1.54) is 31.7 Å². The molecular weight excluding hydrogens is 281 g/mol. The Balaban J connectivity index is 0.000000310. The molecule has 73 valence electrons. The standard InChI is InChI=1S/C8H12P.3ClH.Ti/c1-5-6(2)8(4)9-7(5)3;;;;/h1-4H3;3*1H;/q;;;;+4/p-3. The average molecular weight is 293 g/mol. The third-order valence-corrected chi connectivity index (χ3v) is 3.32. The molecule has 0 amide bonds. The second kappa shape index (κ2) is 7.31. The van der Waals surface area contributed by atoms with E-state index in [1.54, 1.807) is 0 Å². The van der Waals surface area contributed by atoms with Gasteiger partial charge in [-0.15, -0.1) is 0 Å². The summed E-state index contributed by atoms with van der Waals surface area (Å²) in [6.07, 6.45) is 0. The number of rotatable bonds is 0. The molecule has 0 aliphatic carbocycles. The summed E-state index contributed by atoms with van der Waals surface area (Å²) in [5, 5.41) is 0. The van der Waals surface area contributed by atoms with Crippen molar-refractivity contribution >= 4 is 36.5 Å². The molecule has 1 fully saturated rings. The van der Waals surface area contributed by atoms with Crippen LogP contribution in [0, 0.1) is 23.2 Å². The van der Waals surface area contributed by atoms with Crippen molar-refractivity contribution in [3.63, 3.8) is 0 Å². The van der Waals surface area contributed by atoms with Crippen LogP contribution in [0.15, 0.2) is 0 Å². The summed E-state index contributed by atoms with van der Waals surface area (Å²) in [5.74, 6) is 2.99. The van der Waals surface area contributed by atoms with Crippen molar-refractivity contribution < 1.29 is 14.7 Å². The maximum absolute atomic E-state index is 4.97. The van der Waals surface area contributed by atoms with Crippen molar-refractivity contribution in [2.75, 3.05) is 0 Å². The van der Waals surface area contributed by atoms with Crippen LogP contribution in [0.2, 0.25) is 0 Å². The van der Waals surface area contributed by atoms with Gasteiger partial charge in [0.05, 0.1) is 0 Å². The van der Waals surface area contributed by atoms with Crippen LogP contribution in [-0.2, 0) is 14.7 Å². The van der Waals surface area contributed by atoms with Crippen molar-refractivity contribution in [3.8, 4) is 0 Å². The van der Waals surface area contributed by atoms with Gasteiger partial charge in [-0.2, -0.15) is 0 Å². The van der Waals surface area contributed by atoms with Crippen molar-refractivity contribution in [2.24, 2.45) is 0 Å². The number of halogens is 3. The predicted molar refractivity (Wildman–Crippen MR) is 60.1 cm³/mol. The van der Waals surface area contributed by atoms with E-state index in [0.717, 1.165) is 0 Å². The molecule has 0 spiro atoms. The molecule has 0 nitrogen and oxygen atoms in total. The maximum atomic E-state index is 4.97. The van der Waals surface area contributed by atoms with Gasteiger partial charge in [-0.1, -0.05) is 36.3 Å². The number of hydrogen-bond donors (Lipinski definition) is 0. The van der Waals surface area contributed by atoms with Gasteiger partial charge in [0, 0.05) is 11.3 Å². The Bertz CT molecular complexity index is 131. The molecule has 5 heteroatoms. The molecule has 1 rings (SSSR count).